The number of amides is 1. The molecule has 0 aliphatic carbocycles. The summed E-state index contributed by atoms with van der Waals surface area (Å²) < 4.78 is 0. The van der Waals surface area contributed by atoms with E-state index in [4.69, 9.17) is 5.73 Å². The second-order valence-electron chi connectivity index (χ2n) is 5.99. The van der Waals surface area contributed by atoms with Gasteiger partial charge in [-0.25, -0.2) is 4.99 Å². The molecule has 0 atom stereocenters. The fraction of sp³-hybridized carbons (Fsp3) is 0.556. The number of carbonyl (C=O) groups is 1. The quantitative estimate of drug-likeness (QED) is 0.366. The van der Waals surface area contributed by atoms with Crippen LogP contribution in [0, 0.1) is 5.92 Å². The molecule has 0 saturated carbocycles. The van der Waals surface area contributed by atoms with Gasteiger partial charge >= 0.3 is 0 Å². The standard InChI is InChI=1S/C18H30N4O.HI/c1-5-22(6-2)17(23)16-9-7-15(8-10-16)13-21-18(19)20-12-11-14(3)4;/h7-10,14H,5-6,11-13H2,1-4H3,(H3,19,20,21);1H. The minimum atomic E-state index is 0. The van der Waals surface area contributed by atoms with Crippen LogP contribution >= 0.6 is 24.0 Å². The van der Waals surface area contributed by atoms with Crippen LogP contribution < -0.4 is 11.1 Å². The van der Waals surface area contributed by atoms with Gasteiger partial charge in [-0.05, 0) is 43.9 Å². The highest BCUT2D eigenvalue weighted by atomic mass is 127. The predicted molar refractivity (Wildman–Crippen MR) is 112 cm³/mol. The van der Waals surface area contributed by atoms with E-state index in [2.05, 4.69) is 24.2 Å². The number of rotatable bonds is 8. The normalized spacial score (nSPS) is 11.1. The number of aliphatic imine (C=N–C) groups is 1. The first-order valence-corrected chi connectivity index (χ1v) is 8.39. The third-order valence-corrected chi connectivity index (χ3v) is 3.71. The van der Waals surface area contributed by atoms with Crippen LogP contribution in [-0.2, 0) is 6.54 Å². The van der Waals surface area contributed by atoms with Crippen molar-refractivity contribution < 1.29 is 4.79 Å². The monoisotopic (exact) mass is 446 g/mol. The molecule has 5 nitrogen and oxygen atoms in total. The molecule has 24 heavy (non-hydrogen) atoms. The van der Waals surface area contributed by atoms with Crippen LogP contribution in [0.5, 0.6) is 0 Å². The molecule has 1 amide bonds. The molecule has 0 unspecified atom stereocenters. The van der Waals surface area contributed by atoms with Crippen LogP contribution in [0.1, 0.15) is 50.0 Å². The number of nitrogens with one attached hydrogen (secondary N) is 1. The van der Waals surface area contributed by atoms with E-state index in [-0.39, 0.29) is 29.9 Å². The van der Waals surface area contributed by atoms with Gasteiger partial charge in [0.15, 0.2) is 5.96 Å². The van der Waals surface area contributed by atoms with Gasteiger partial charge in [0.1, 0.15) is 0 Å². The van der Waals surface area contributed by atoms with Crippen LogP contribution in [0.4, 0.5) is 0 Å². The second kappa shape index (κ2) is 12.1. The Bertz CT molecular complexity index is 510. The summed E-state index contributed by atoms with van der Waals surface area (Å²) in [7, 11) is 0. The highest BCUT2D eigenvalue weighted by Crippen LogP contribution is 2.09. The van der Waals surface area contributed by atoms with Crippen molar-refractivity contribution in [2.24, 2.45) is 16.6 Å². The first-order valence-electron chi connectivity index (χ1n) is 8.39. The molecule has 0 saturated heterocycles. The molecule has 0 fully saturated rings. The van der Waals surface area contributed by atoms with Gasteiger partial charge in [0.05, 0.1) is 6.54 Å². The van der Waals surface area contributed by atoms with Crippen molar-refractivity contribution in [1.82, 2.24) is 10.2 Å². The maximum atomic E-state index is 12.2. The maximum absolute atomic E-state index is 12.2. The molecule has 0 aromatic heterocycles. The van der Waals surface area contributed by atoms with Crippen LogP contribution in [0.15, 0.2) is 29.3 Å². The number of hydrogen-bond donors (Lipinski definition) is 2. The Balaban J connectivity index is 0.00000529. The maximum Gasteiger partial charge on any atom is 0.253 e. The summed E-state index contributed by atoms with van der Waals surface area (Å²) in [5, 5.41) is 3.11. The van der Waals surface area contributed by atoms with E-state index in [1.165, 1.54) is 0 Å². The Morgan fingerprint density at radius 3 is 2.29 bits per heavy atom. The molecule has 6 heteroatoms. The fourth-order valence-corrected chi connectivity index (χ4v) is 2.17. The summed E-state index contributed by atoms with van der Waals surface area (Å²) in [6, 6.07) is 7.57. The highest BCUT2D eigenvalue weighted by molar-refractivity contribution is 14.0. The van der Waals surface area contributed by atoms with E-state index in [1.54, 1.807) is 0 Å². The minimum absolute atomic E-state index is 0. The Morgan fingerprint density at radius 2 is 1.79 bits per heavy atom. The molecule has 0 radical (unpaired) electrons. The minimum Gasteiger partial charge on any atom is -0.370 e. The molecule has 3 N–H and O–H groups in total. The average Bonchev–Trinajstić information content (AvgIpc) is 2.54. The van der Waals surface area contributed by atoms with Gasteiger partial charge in [-0.2, -0.15) is 0 Å². The number of benzene rings is 1. The molecule has 0 aliphatic rings. The van der Waals surface area contributed by atoms with Gasteiger partial charge in [0.25, 0.3) is 5.91 Å². The number of nitrogens with two attached hydrogens (primary N) is 1. The number of nitrogens with zero attached hydrogens (tertiary/aromatic N) is 2. The molecule has 0 spiro atoms. The van der Waals surface area contributed by atoms with Crippen molar-refractivity contribution >= 4 is 35.8 Å². The second-order valence-corrected chi connectivity index (χ2v) is 5.99. The zero-order valence-electron chi connectivity index (χ0n) is 15.2. The van der Waals surface area contributed by atoms with Gasteiger partial charge in [-0.15, -0.1) is 24.0 Å². The van der Waals surface area contributed by atoms with Crippen molar-refractivity contribution in [2.45, 2.75) is 40.7 Å². The van der Waals surface area contributed by atoms with E-state index in [1.807, 2.05) is 43.0 Å². The third-order valence-electron chi connectivity index (χ3n) is 3.71. The predicted octanol–water partition coefficient (Wildman–Crippen LogP) is 3.24. The van der Waals surface area contributed by atoms with Gasteiger partial charge in [-0.3, -0.25) is 4.79 Å². The molecule has 1 rings (SSSR count). The number of hydrogen-bond acceptors (Lipinski definition) is 2. The Morgan fingerprint density at radius 1 is 1.21 bits per heavy atom. The first kappa shape index (κ1) is 22.7. The lowest BCUT2D eigenvalue weighted by atomic mass is 10.1. The molecule has 1 aromatic rings. The van der Waals surface area contributed by atoms with E-state index < -0.39 is 0 Å². The van der Waals surface area contributed by atoms with Gasteiger partial charge < -0.3 is 16.0 Å². The smallest absolute Gasteiger partial charge is 0.253 e. The molecular weight excluding hydrogens is 415 g/mol. The van der Waals surface area contributed by atoms with Crippen molar-refractivity contribution in [1.29, 1.82) is 0 Å². The molecule has 0 aliphatic heterocycles. The molecule has 136 valence electrons. The summed E-state index contributed by atoms with van der Waals surface area (Å²) >= 11 is 0. The van der Waals surface area contributed by atoms with Gasteiger partial charge in [0.2, 0.25) is 0 Å². The molecule has 1 aromatic carbocycles. The fourth-order valence-electron chi connectivity index (χ4n) is 2.17. The molecule has 0 bridgehead atoms. The lowest BCUT2D eigenvalue weighted by Crippen LogP contribution is -2.32. The lowest BCUT2D eigenvalue weighted by Gasteiger charge is -2.18. The zero-order valence-corrected chi connectivity index (χ0v) is 17.5. The van der Waals surface area contributed by atoms with Crippen LogP contribution in [0.25, 0.3) is 0 Å². The summed E-state index contributed by atoms with van der Waals surface area (Å²) in [4.78, 5) is 18.4. The van der Waals surface area contributed by atoms with Crippen molar-refractivity contribution in [3.8, 4) is 0 Å². The van der Waals surface area contributed by atoms with E-state index in [0.29, 0.717) is 24.0 Å². The highest BCUT2D eigenvalue weighted by Gasteiger charge is 2.11. The Kier molecular flexibility index (Phi) is 11.4. The third kappa shape index (κ3) is 7.99. The van der Waals surface area contributed by atoms with Crippen molar-refractivity contribution in [3.63, 3.8) is 0 Å². The van der Waals surface area contributed by atoms with Crippen LogP contribution in [-0.4, -0.2) is 36.4 Å². The van der Waals surface area contributed by atoms with Crippen molar-refractivity contribution in [2.75, 3.05) is 19.6 Å². The summed E-state index contributed by atoms with van der Waals surface area (Å²) in [6.45, 7) is 11.1. The summed E-state index contributed by atoms with van der Waals surface area (Å²) in [6.07, 6.45) is 1.07. The van der Waals surface area contributed by atoms with Crippen molar-refractivity contribution in [3.05, 3.63) is 35.4 Å². The summed E-state index contributed by atoms with van der Waals surface area (Å²) in [5.41, 5.74) is 7.59. The van der Waals surface area contributed by atoms with Crippen LogP contribution in [0.2, 0.25) is 0 Å². The SMILES string of the molecule is CCN(CC)C(=O)c1ccc(CN=C(N)NCCC(C)C)cc1.I. The Labute approximate surface area is 163 Å². The largest absolute Gasteiger partial charge is 0.370 e. The first-order chi connectivity index (χ1) is 11.0. The van der Waals surface area contributed by atoms with E-state index in [9.17, 15) is 4.79 Å². The lowest BCUT2D eigenvalue weighted by molar-refractivity contribution is 0.0773. The number of guanidine groups is 1. The molecule has 0 heterocycles. The zero-order chi connectivity index (χ0) is 17.2. The average molecular weight is 446 g/mol. The summed E-state index contributed by atoms with van der Waals surface area (Å²) in [5.74, 6) is 1.18. The van der Waals surface area contributed by atoms with E-state index >= 15 is 0 Å². The molecular formula is C18H31IN4O. The Hall–Kier alpha value is -1.31. The van der Waals surface area contributed by atoms with Crippen LogP contribution in [0.3, 0.4) is 0 Å². The topological polar surface area (TPSA) is 70.7 Å². The van der Waals surface area contributed by atoms with Gasteiger partial charge in [-0.1, -0.05) is 26.0 Å². The van der Waals surface area contributed by atoms with Gasteiger partial charge in [0, 0.05) is 25.2 Å². The number of carbonyl (C=O) groups excluding carboxylic acids is 1. The number of halogens is 1. The van der Waals surface area contributed by atoms with E-state index in [0.717, 1.165) is 31.6 Å².